The van der Waals surface area contributed by atoms with Crippen molar-refractivity contribution in [2.24, 2.45) is 0 Å². The fraction of sp³-hybridized carbons (Fsp3) is 0.588. The highest BCUT2D eigenvalue weighted by atomic mass is 35.5. The van der Waals surface area contributed by atoms with Gasteiger partial charge in [0.15, 0.2) is 0 Å². The van der Waals surface area contributed by atoms with Crippen LogP contribution in [0.15, 0.2) is 23.1 Å². The molecule has 1 aromatic rings. The monoisotopic (exact) mass is 391 g/mol. The van der Waals surface area contributed by atoms with E-state index in [9.17, 15) is 13.2 Å². The first-order chi connectivity index (χ1) is 11.3. The van der Waals surface area contributed by atoms with E-state index in [0.717, 1.165) is 6.54 Å². The summed E-state index contributed by atoms with van der Waals surface area (Å²) in [5.41, 5.74) is 0.995. The molecule has 1 rings (SSSR count). The zero-order valence-electron chi connectivity index (χ0n) is 15.6. The minimum atomic E-state index is -3.59. The van der Waals surface area contributed by atoms with Crippen LogP contribution in [0.2, 0.25) is 0 Å². The van der Waals surface area contributed by atoms with E-state index in [1.54, 1.807) is 32.9 Å². The van der Waals surface area contributed by atoms with Crippen LogP contribution in [0.3, 0.4) is 0 Å². The molecule has 0 heterocycles. The Balaban J connectivity index is 0.00000576. The summed E-state index contributed by atoms with van der Waals surface area (Å²) < 4.78 is 26.8. The molecule has 0 radical (unpaired) electrons. The van der Waals surface area contributed by atoms with Crippen LogP contribution in [0.25, 0.3) is 0 Å². The van der Waals surface area contributed by atoms with Crippen LogP contribution in [0.4, 0.5) is 0 Å². The molecule has 0 saturated carbocycles. The summed E-state index contributed by atoms with van der Waals surface area (Å²) in [5.74, 6) is -0.268. The number of carbonyl (C=O) groups is 1. The lowest BCUT2D eigenvalue weighted by Gasteiger charge is -2.20. The minimum absolute atomic E-state index is 0. The molecular weight excluding hydrogens is 362 g/mol. The Labute approximate surface area is 157 Å². The second-order valence-corrected chi connectivity index (χ2v) is 7.64. The average molecular weight is 392 g/mol. The fourth-order valence-electron chi connectivity index (χ4n) is 2.49. The molecule has 2 N–H and O–H groups in total. The lowest BCUT2D eigenvalue weighted by Crippen LogP contribution is -2.39. The summed E-state index contributed by atoms with van der Waals surface area (Å²) in [6.45, 7) is 11.4. The van der Waals surface area contributed by atoms with E-state index in [0.29, 0.717) is 30.8 Å². The Bertz CT molecular complexity index is 661. The summed E-state index contributed by atoms with van der Waals surface area (Å²) >= 11 is 0. The molecule has 6 nitrogen and oxygen atoms in total. The van der Waals surface area contributed by atoms with Crippen molar-refractivity contribution in [1.82, 2.24) is 14.9 Å². The van der Waals surface area contributed by atoms with E-state index in [1.807, 2.05) is 13.8 Å². The van der Waals surface area contributed by atoms with Crippen molar-refractivity contribution >= 4 is 28.3 Å². The van der Waals surface area contributed by atoms with Crippen molar-refractivity contribution in [2.45, 2.75) is 45.6 Å². The summed E-state index contributed by atoms with van der Waals surface area (Å²) in [6, 6.07) is 4.96. The summed E-state index contributed by atoms with van der Waals surface area (Å²) in [5, 5.41) is 6.04. The number of nitrogens with zero attached hydrogens (tertiary/aromatic N) is 1. The summed E-state index contributed by atoms with van der Waals surface area (Å²) in [6.07, 6.45) is 0. The molecule has 0 saturated heterocycles. The molecule has 0 aliphatic rings. The van der Waals surface area contributed by atoms with Crippen molar-refractivity contribution < 1.29 is 13.2 Å². The normalized spacial score (nSPS) is 12.6. The number of sulfonamides is 1. The molecule has 0 aliphatic heterocycles. The second-order valence-electron chi connectivity index (χ2n) is 5.74. The number of amides is 1. The Morgan fingerprint density at radius 3 is 2.32 bits per heavy atom. The Morgan fingerprint density at radius 1 is 1.20 bits per heavy atom. The quantitative estimate of drug-likeness (QED) is 0.676. The molecule has 0 aromatic heterocycles. The molecule has 0 fully saturated rings. The van der Waals surface area contributed by atoms with Gasteiger partial charge in [-0.05, 0) is 38.1 Å². The smallest absolute Gasteiger partial charge is 0.251 e. The molecule has 0 bridgehead atoms. The van der Waals surface area contributed by atoms with Gasteiger partial charge in [-0.3, -0.25) is 4.79 Å². The highest BCUT2D eigenvalue weighted by Gasteiger charge is 2.24. The maximum absolute atomic E-state index is 12.7. The molecule has 8 heteroatoms. The highest BCUT2D eigenvalue weighted by Crippen LogP contribution is 2.21. The van der Waals surface area contributed by atoms with Gasteiger partial charge in [-0.25, -0.2) is 8.42 Å². The first kappa shape index (κ1) is 23.9. The van der Waals surface area contributed by atoms with Gasteiger partial charge in [-0.2, -0.15) is 4.31 Å². The fourth-order valence-corrected chi connectivity index (χ4v) is 4.20. The Morgan fingerprint density at radius 2 is 1.80 bits per heavy atom. The molecule has 1 aromatic carbocycles. The molecule has 25 heavy (non-hydrogen) atoms. The molecule has 0 spiro atoms. The van der Waals surface area contributed by atoms with Gasteiger partial charge in [0.05, 0.1) is 4.90 Å². The van der Waals surface area contributed by atoms with E-state index in [4.69, 9.17) is 0 Å². The third-order valence-corrected chi connectivity index (χ3v) is 6.09. The summed E-state index contributed by atoms with van der Waals surface area (Å²) in [4.78, 5) is 12.5. The highest BCUT2D eigenvalue weighted by molar-refractivity contribution is 7.89. The number of likely N-dealkylation sites (N-methyl/N-ethyl adjacent to an activating group) is 1. The van der Waals surface area contributed by atoms with Gasteiger partial charge in [0, 0.05) is 31.2 Å². The largest absolute Gasteiger partial charge is 0.350 e. The number of rotatable bonds is 9. The predicted molar refractivity (Wildman–Crippen MR) is 104 cm³/mol. The van der Waals surface area contributed by atoms with Crippen molar-refractivity contribution in [3.8, 4) is 0 Å². The van der Waals surface area contributed by atoms with Crippen LogP contribution in [-0.2, 0) is 10.0 Å². The number of hydrogen-bond donors (Lipinski definition) is 2. The lowest BCUT2D eigenvalue weighted by atomic mass is 10.1. The number of aryl methyl sites for hydroxylation is 1. The van der Waals surface area contributed by atoms with E-state index >= 15 is 0 Å². The van der Waals surface area contributed by atoms with Crippen LogP contribution in [-0.4, -0.2) is 50.9 Å². The first-order valence-electron chi connectivity index (χ1n) is 8.40. The van der Waals surface area contributed by atoms with Crippen LogP contribution >= 0.6 is 12.4 Å². The van der Waals surface area contributed by atoms with Crippen LogP contribution < -0.4 is 10.6 Å². The van der Waals surface area contributed by atoms with Crippen molar-refractivity contribution in [1.29, 1.82) is 0 Å². The number of benzene rings is 1. The van der Waals surface area contributed by atoms with E-state index in [1.165, 1.54) is 10.4 Å². The van der Waals surface area contributed by atoms with Crippen LogP contribution in [0.1, 0.15) is 43.6 Å². The number of halogens is 1. The van der Waals surface area contributed by atoms with Gasteiger partial charge >= 0.3 is 0 Å². The molecule has 0 aliphatic carbocycles. The molecule has 1 atom stereocenters. The molecule has 144 valence electrons. The van der Waals surface area contributed by atoms with Gasteiger partial charge in [0.2, 0.25) is 10.0 Å². The van der Waals surface area contributed by atoms with Gasteiger partial charge in [0.1, 0.15) is 0 Å². The molecule has 0 unspecified atom stereocenters. The molecule has 1 amide bonds. The van der Waals surface area contributed by atoms with E-state index in [-0.39, 0.29) is 29.3 Å². The number of hydrogen-bond acceptors (Lipinski definition) is 4. The van der Waals surface area contributed by atoms with Crippen molar-refractivity contribution in [3.05, 3.63) is 29.3 Å². The van der Waals surface area contributed by atoms with Crippen LogP contribution in [0.5, 0.6) is 0 Å². The first-order valence-corrected chi connectivity index (χ1v) is 9.84. The maximum atomic E-state index is 12.7. The lowest BCUT2D eigenvalue weighted by molar-refractivity contribution is 0.0950. The van der Waals surface area contributed by atoms with Gasteiger partial charge in [0.25, 0.3) is 5.91 Å². The van der Waals surface area contributed by atoms with Crippen LogP contribution in [0, 0.1) is 6.92 Å². The second kappa shape index (κ2) is 10.8. The van der Waals surface area contributed by atoms with E-state index < -0.39 is 10.0 Å². The van der Waals surface area contributed by atoms with Crippen molar-refractivity contribution in [2.75, 3.05) is 26.2 Å². The van der Waals surface area contributed by atoms with Gasteiger partial charge in [-0.1, -0.05) is 26.8 Å². The van der Waals surface area contributed by atoms with E-state index in [2.05, 4.69) is 10.6 Å². The van der Waals surface area contributed by atoms with Gasteiger partial charge in [-0.15, -0.1) is 12.4 Å². The number of nitrogens with one attached hydrogen (secondary N) is 2. The zero-order valence-corrected chi connectivity index (χ0v) is 17.3. The third kappa shape index (κ3) is 6.26. The topological polar surface area (TPSA) is 78.5 Å². The van der Waals surface area contributed by atoms with Crippen molar-refractivity contribution in [3.63, 3.8) is 0 Å². The SMILES string of the molecule is CCN[C@H](C)CNC(=O)c1ccc(C)c(S(=O)(=O)N(CC)CC)c1.Cl. The third-order valence-electron chi connectivity index (χ3n) is 3.89. The number of carbonyl (C=O) groups excluding carboxylic acids is 1. The predicted octanol–water partition coefficient (Wildman–Crippen LogP) is 2.18. The minimum Gasteiger partial charge on any atom is -0.350 e. The van der Waals surface area contributed by atoms with Gasteiger partial charge < -0.3 is 10.6 Å². The summed E-state index contributed by atoms with van der Waals surface area (Å²) in [7, 11) is -3.59. The Kier molecular flexibility index (Phi) is 10.3. The standard InChI is InChI=1S/C17H29N3O3S.ClH/c1-6-18-14(5)12-19-17(21)15-10-9-13(4)16(11-15)24(22,23)20(7-2)8-3;/h9-11,14,18H,6-8,12H2,1-5H3,(H,19,21);1H/t14-;/m1./s1. The average Bonchev–Trinajstić information content (AvgIpc) is 2.54. The zero-order chi connectivity index (χ0) is 18.3. The molecular formula is C17H30ClN3O3S. The maximum Gasteiger partial charge on any atom is 0.251 e. The Hall–Kier alpha value is -1.15.